The highest BCUT2D eigenvalue weighted by Gasteiger charge is 2.44. The summed E-state index contributed by atoms with van der Waals surface area (Å²) in [5, 5.41) is 0.621. The standard InChI is InChI=1S/C22H20BrClN4O2/c1-11(2)27-19-17(26-22(27)23)21(30)28(18(19)13-4-7-15(24)8-5-13)16-9-6-14(20(25)29)10-12(16)3/h4-11,18H,1-3H3,(H2,25,29). The van der Waals surface area contributed by atoms with E-state index in [1.165, 1.54) is 0 Å². The number of fused-ring (bicyclic) bond motifs is 1. The molecule has 2 aromatic carbocycles. The van der Waals surface area contributed by atoms with E-state index >= 15 is 0 Å². The lowest BCUT2D eigenvalue weighted by Crippen LogP contribution is -2.31. The first-order valence-corrected chi connectivity index (χ1v) is 10.6. The van der Waals surface area contributed by atoms with Gasteiger partial charge in [0, 0.05) is 22.3 Å². The van der Waals surface area contributed by atoms with Crippen molar-refractivity contribution in [1.82, 2.24) is 9.55 Å². The number of nitrogens with zero attached hydrogens (tertiary/aromatic N) is 3. The molecule has 154 valence electrons. The average Bonchev–Trinajstić information content (AvgIpc) is 3.16. The molecule has 1 aromatic heterocycles. The molecule has 0 radical (unpaired) electrons. The zero-order chi connectivity index (χ0) is 21.7. The van der Waals surface area contributed by atoms with Crippen LogP contribution in [0.4, 0.5) is 5.69 Å². The van der Waals surface area contributed by atoms with Gasteiger partial charge < -0.3 is 10.3 Å². The lowest BCUT2D eigenvalue weighted by Gasteiger charge is -2.29. The van der Waals surface area contributed by atoms with Gasteiger partial charge in [-0.25, -0.2) is 4.98 Å². The predicted molar refractivity (Wildman–Crippen MR) is 120 cm³/mol. The number of anilines is 1. The third-order valence-electron chi connectivity index (χ3n) is 5.29. The van der Waals surface area contributed by atoms with Crippen molar-refractivity contribution in [2.75, 3.05) is 4.90 Å². The summed E-state index contributed by atoms with van der Waals surface area (Å²) in [6.45, 7) is 5.95. The molecular formula is C22H20BrClN4O2. The molecule has 0 fully saturated rings. The first-order chi connectivity index (χ1) is 14.2. The second-order valence-corrected chi connectivity index (χ2v) is 8.72. The number of imidazole rings is 1. The van der Waals surface area contributed by atoms with Crippen LogP contribution in [0, 0.1) is 6.92 Å². The van der Waals surface area contributed by atoms with E-state index in [4.69, 9.17) is 17.3 Å². The molecule has 0 aliphatic carbocycles. The Hall–Kier alpha value is -2.64. The second kappa shape index (κ2) is 7.56. The summed E-state index contributed by atoms with van der Waals surface area (Å²) >= 11 is 9.62. The van der Waals surface area contributed by atoms with Crippen LogP contribution in [0.2, 0.25) is 5.02 Å². The van der Waals surface area contributed by atoms with Crippen LogP contribution in [0.1, 0.15) is 63.6 Å². The molecule has 0 bridgehead atoms. The molecule has 2 heterocycles. The van der Waals surface area contributed by atoms with Crippen molar-refractivity contribution in [3.8, 4) is 0 Å². The van der Waals surface area contributed by atoms with Gasteiger partial charge in [-0.2, -0.15) is 0 Å². The maximum absolute atomic E-state index is 13.5. The van der Waals surface area contributed by atoms with Crippen LogP contribution in [0.25, 0.3) is 0 Å². The van der Waals surface area contributed by atoms with Crippen LogP contribution in [0.3, 0.4) is 0 Å². The summed E-state index contributed by atoms with van der Waals surface area (Å²) in [7, 11) is 0. The number of amides is 2. The third-order valence-corrected chi connectivity index (χ3v) is 6.10. The van der Waals surface area contributed by atoms with Crippen LogP contribution < -0.4 is 10.6 Å². The minimum absolute atomic E-state index is 0.0940. The van der Waals surface area contributed by atoms with E-state index in [0.717, 1.165) is 16.8 Å². The molecule has 1 atom stereocenters. The van der Waals surface area contributed by atoms with Gasteiger partial charge in [0.1, 0.15) is 6.04 Å². The molecule has 0 spiro atoms. The van der Waals surface area contributed by atoms with Crippen LogP contribution in [0.5, 0.6) is 0 Å². The van der Waals surface area contributed by atoms with E-state index in [1.807, 2.05) is 49.6 Å². The Morgan fingerprint density at radius 1 is 1.20 bits per heavy atom. The van der Waals surface area contributed by atoms with Gasteiger partial charge in [-0.05, 0) is 78.2 Å². The molecule has 30 heavy (non-hydrogen) atoms. The smallest absolute Gasteiger partial charge is 0.279 e. The molecular weight excluding hydrogens is 468 g/mol. The number of hydrogen-bond donors (Lipinski definition) is 1. The largest absolute Gasteiger partial charge is 0.366 e. The summed E-state index contributed by atoms with van der Waals surface area (Å²) in [5.74, 6) is -0.702. The molecule has 1 unspecified atom stereocenters. The average molecular weight is 488 g/mol. The predicted octanol–water partition coefficient (Wildman–Crippen LogP) is 5.04. The highest BCUT2D eigenvalue weighted by molar-refractivity contribution is 9.10. The van der Waals surface area contributed by atoms with E-state index in [2.05, 4.69) is 20.9 Å². The van der Waals surface area contributed by atoms with Gasteiger partial charge in [-0.15, -0.1) is 0 Å². The van der Waals surface area contributed by atoms with Gasteiger partial charge >= 0.3 is 0 Å². The van der Waals surface area contributed by atoms with Gasteiger partial charge in [0.2, 0.25) is 5.91 Å². The summed E-state index contributed by atoms with van der Waals surface area (Å²) in [6, 6.07) is 12.3. The van der Waals surface area contributed by atoms with Crippen molar-refractivity contribution < 1.29 is 9.59 Å². The number of rotatable bonds is 4. The van der Waals surface area contributed by atoms with Crippen molar-refractivity contribution in [2.45, 2.75) is 32.9 Å². The molecule has 1 aliphatic rings. The van der Waals surface area contributed by atoms with Crippen molar-refractivity contribution in [3.05, 3.63) is 80.3 Å². The maximum Gasteiger partial charge on any atom is 0.279 e. The first kappa shape index (κ1) is 20.6. The SMILES string of the molecule is Cc1cc(C(N)=O)ccc1N1C(=O)c2nc(Br)n(C(C)C)c2C1c1ccc(Cl)cc1. The Bertz CT molecular complexity index is 1170. The fourth-order valence-electron chi connectivity index (χ4n) is 3.96. The molecule has 0 saturated carbocycles. The Morgan fingerprint density at radius 2 is 1.87 bits per heavy atom. The molecule has 0 saturated heterocycles. The lowest BCUT2D eigenvalue weighted by atomic mass is 10.0. The highest BCUT2D eigenvalue weighted by Crippen LogP contribution is 2.44. The van der Waals surface area contributed by atoms with E-state index < -0.39 is 5.91 Å². The number of nitrogens with two attached hydrogens (primary N) is 1. The van der Waals surface area contributed by atoms with Crippen molar-refractivity contribution >= 4 is 45.0 Å². The first-order valence-electron chi connectivity index (χ1n) is 9.47. The Kier molecular flexibility index (Phi) is 5.20. The van der Waals surface area contributed by atoms with E-state index in [1.54, 1.807) is 23.1 Å². The summed E-state index contributed by atoms with van der Waals surface area (Å²) in [5.41, 5.74) is 9.45. The minimum Gasteiger partial charge on any atom is -0.366 e. The Balaban J connectivity index is 1.95. The topological polar surface area (TPSA) is 81.2 Å². The summed E-state index contributed by atoms with van der Waals surface area (Å²) in [4.78, 5) is 31.3. The van der Waals surface area contributed by atoms with Crippen molar-refractivity contribution in [1.29, 1.82) is 0 Å². The van der Waals surface area contributed by atoms with E-state index in [0.29, 0.717) is 26.7 Å². The molecule has 1 aliphatic heterocycles. The third kappa shape index (κ3) is 3.22. The maximum atomic E-state index is 13.5. The second-order valence-electron chi connectivity index (χ2n) is 7.57. The molecule has 4 rings (SSSR count). The Labute approximate surface area is 187 Å². The number of benzene rings is 2. The number of hydrogen-bond acceptors (Lipinski definition) is 3. The number of halogens is 2. The quantitative estimate of drug-likeness (QED) is 0.560. The van der Waals surface area contributed by atoms with Gasteiger partial charge in [0.15, 0.2) is 10.4 Å². The molecule has 8 heteroatoms. The molecule has 6 nitrogen and oxygen atoms in total. The van der Waals surface area contributed by atoms with Gasteiger partial charge in [0.25, 0.3) is 5.91 Å². The van der Waals surface area contributed by atoms with Gasteiger partial charge in [0.05, 0.1) is 5.69 Å². The van der Waals surface area contributed by atoms with Gasteiger partial charge in [-0.3, -0.25) is 14.5 Å². The van der Waals surface area contributed by atoms with E-state index in [-0.39, 0.29) is 18.0 Å². The minimum atomic E-state index is -0.508. The number of aromatic nitrogens is 2. The van der Waals surface area contributed by atoms with E-state index in [9.17, 15) is 9.59 Å². The number of primary amides is 1. The zero-order valence-corrected chi connectivity index (χ0v) is 19.0. The zero-order valence-electron chi connectivity index (χ0n) is 16.7. The van der Waals surface area contributed by atoms with Crippen molar-refractivity contribution in [2.24, 2.45) is 5.73 Å². The summed E-state index contributed by atoms with van der Waals surface area (Å²) in [6.07, 6.45) is 0. The number of aryl methyl sites for hydroxylation is 1. The molecule has 3 aromatic rings. The Morgan fingerprint density at radius 3 is 2.43 bits per heavy atom. The van der Waals surface area contributed by atoms with Crippen molar-refractivity contribution in [3.63, 3.8) is 0 Å². The number of carbonyl (C=O) groups excluding carboxylic acids is 2. The highest BCUT2D eigenvalue weighted by atomic mass is 79.9. The molecule has 2 amide bonds. The fraction of sp³-hybridized carbons (Fsp3) is 0.227. The fourth-order valence-corrected chi connectivity index (χ4v) is 4.86. The number of carbonyl (C=O) groups is 2. The van der Waals surface area contributed by atoms with Crippen LogP contribution in [-0.4, -0.2) is 21.4 Å². The van der Waals surface area contributed by atoms with Crippen LogP contribution >= 0.6 is 27.5 Å². The monoisotopic (exact) mass is 486 g/mol. The van der Waals surface area contributed by atoms with Crippen LogP contribution in [-0.2, 0) is 0 Å². The summed E-state index contributed by atoms with van der Waals surface area (Å²) < 4.78 is 2.65. The molecule has 2 N–H and O–H groups in total. The van der Waals surface area contributed by atoms with Crippen LogP contribution in [0.15, 0.2) is 47.2 Å². The van der Waals surface area contributed by atoms with Gasteiger partial charge in [-0.1, -0.05) is 23.7 Å². The normalized spacial score (nSPS) is 15.7. The lowest BCUT2D eigenvalue weighted by molar-refractivity contribution is 0.0986.